The van der Waals surface area contributed by atoms with E-state index in [9.17, 15) is 0 Å². The fraction of sp³-hybridized carbons (Fsp3) is 0.923. The highest BCUT2D eigenvalue weighted by atomic mass is 16.3. The number of carbonyl (C=O) groups is 1. The Bertz CT molecular complexity index is 159. The first-order chi connectivity index (χ1) is 9.90. The Kier molecular flexibility index (Phi) is 18.7. The minimum atomic E-state index is -0.667. The minimum absolute atomic E-state index is 0.156. The molecule has 0 bridgehead atoms. The summed E-state index contributed by atoms with van der Waals surface area (Å²) in [5.74, 6) is 0. The lowest BCUT2D eigenvalue weighted by Gasteiger charge is -2.24. The first kappa shape index (κ1) is 25.2. The first-order valence-electron chi connectivity index (χ1n) is 6.63. The average Bonchev–Trinajstić information content (AvgIpc) is 2.54. The summed E-state index contributed by atoms with van der Waals surface area (Å²) in [6.07, 6.45) is 1.19. The molecule has 0 heterocycles. The molecular formula is C13H30O8. The molecule has 0 saturated carbocycles. The molecule has 0 fully saturated rings. The third-order valence-electron chi connectivity index (χ3n) is 3.51. The Morgan fingerprint density at radius 3 is 0.810 bits per heavy atom. The molecule has 8 nitrogen and oxygen atoms in total. The van der Waals surface area contributed by atoms with E-state index in [-0.39, 0.29) is 46.1 Å². The van der Waals surface area contributed by atoms with Crippen LogP contribution in [-0.2, 0) is 4.79 Å². The molecule has 0 aromatic rings. The molecule has 0 aliphatic heterocycles. The van der Waals surface area contributed by atoms with Crippen LogP contribution in [0.15, 0.2) is 0 Å². The molecule has 21 heavy (non-hydrogen) atoms. The lowest BCUT2D eigenvalue weighted by atomic mass is 9.88. The standard InChI is InChI=1S/2C6H14O3.CH2O2/c2*1-2-6(3-7,4-8)5-9;2-1-3/h2*7-9H,2-5H2,1H3;1H,(H,2,3). The van der Waals surface area contributed by atoms with E-state index in [0.29, 0.717) is 12.8 Å². The van der Waals surface area contributed by atoms with Gasteiger partial charge in [0.2, 0.25) is 0 Å². The van der Waals surface area contributed by atoms with Crippen molar-refractivity contribution < 1.29 is 40.5 Å². The molecule has 0 saturated heterocycles. The monoisotopic (exact) mass is 314 g/mol. The van der Waals surface area contributed by atoms with Gasteiger partial charge in [0.05, 0.1) is 39.6 Å². The van der Waals surface area contributed by atoms with Crippen molar-refractivity contribution in [2.45, 2.75) is 26.7 Å². The molecule has 8 heteroatoms. The predicted octanol–water partition coefficient (Wildman–Crippen LogP) is -1.58. The predicted molar refractivity (Wildman–Crippen MR) is 76.7 cm³/mol. The largest absolute Gasteiger partial charge is 0.483 e. The Balaban J connectivity index is -0.000000260. The normalized spacial score (nSPS) is 10.9. The van der Waals surface area contributed by atoms with Gasteiger partial charge in [0.15, 0.2) is 0 Å². The van der Waals surface area contributed by atoms with Gasteiger partial charge in [-0.3, -0.25) is 4.79 Å². The topological polar surface area (TPSA) is 159 Å². The molecule has 130 valence electrons. The maximum atomic E-state index is 8.66. The van der Waals surface area contributed by atoms with Crippen molar-refractivity contribution in [1.29, 1.82) is 0 Å². The number of rotatable bonds is 8. The maximum Gasteiger partial charge on any atom is 0.290 e. The summed E-state index contributed by atoms with van der Waals surface area (Å²) in [5, 5.41) is 58.8. The third-order valence-corrected chi connectivity index (χ3v) is 3.51. The van der Waals surface area contributed by atoms with E-state index < -0.39 is 10.8 Å². The number of carboxylic acid groups (broad SMARTS) is 1. The van der Waals surface area contributed by atoms with E-state index >= 15 is 0 Å². The van der Waals surface area contributed by atoms with Crippen molar-refractivity contribution >= 4 is 6.47 Å². The molecule has 0 radical (unpaired) electrons. The van der Waals surface area contributed by atoms with Crippen LogP contribution in [0.3, 0.4) is 0 Å². The van der Waals surface area contributed by atoms with Gasteiger partial charge in [-0.2, -0.15) is 0 Å². The second-order valence-corrected chi connectivity index (χ2v) is 4.76. The van der Waals surface area contributed by atoms with Gasteiger partial charge in [0.25, 0.3) is 6.47 Å². The van der Waals surface area contributed by atoms with E-state index in [1.54, 1.807) is 0 Å². The Labute approximate surface area is 125 Å². The number of aliphatic hydroxyl groups excluding tert-OH is 6. The van der Waals surface area contributed by atoms with Gasteiger partial charge >= 0.3 is 0 Å². The van der Waals surface area contributed by atoms with Crippen LogP contribution >= 0.6 is 0 Å². The highest BCUT2D eigenvalue weighted by Gasteiger charge is 2.25. The zero-order valence-electron chi connectivity index (χ0n) is 12.8. The van der Waals surface area contributed by atoms with Gasteiger partial charge in [-0.25, -0.2) is 0 Å². The highest BCUT2D eigenvalue weighted by Crippen LogP contribution is 2.18. The number of hydrogen-bond donors (Lipinski definition) is 7. The molecule has 0 amide bonds. The fourth-order valence-corrected chi connectivity index (χ4v) is 0.971. The molecule has 0 aromatic heterocycles. The van der Waals surface area contributed by atoms with Crippen molar-refractivity contribution in [2.75, 3.05) is 39.6 Å². The quantitative estimate of drug-likeness (QED) is 0.264. The Morgan fingerprint density at radius 1 is 0.667 bits per heavy atom. The number of hydrogen-bond acceptors (Lipinski definition) is 7. The molecule has 7 N–H and O–H groups in total. The molecule has 0 rings (SSSR count). The minimum Gasteiger partial charge on any atom is -0.483 e. The van der Waals surface area contributed by atoms with Gasteiger partial charge in [0, 0.05) is 10.8 Å². The lowest BCUT2D eigenvalue weighted by Crippen LogP contribution is -2.32. The number of aliphatic hydroxyl groups is 6. The Morgan fingerprint density at radius 2 is 0.810 bits per heavy atom. The lowest BCUT2D eigenvalue weighted by molar-refractivity contribution is -0.122. The zero-order chi connectivity index (χ0) is 17.4. The van der Waals surface area contributed by atoms with Crippen LogP contribution in [0.5, 0.6) is 0 Å². The van der Waals surface area contributed by atoms with Crippen LogP contribution in [-0.4, -0.2) is 81.9 Å². The van der Waals surface area contributed by atoms with Gasteiger partial charge in [-0.15, -0.1) is 0 Å². The van der Waals surface area contributed by atoms with Gasteiger partial charge in [-0.1, -0.05) is 13.8 Å². The fourth-order valence-electron chi connectivity index (χ4n) is 0.971. The van der Waals surface area contributed by atoms with E-state index in [4.69, 9.17) is 40.5 Å². The first-order valence-corrected chi connectivity index (χ1v) is 6.63. The van der Waals surface area contributed by atoms with Crippen LogP contribution < -0.4 is 0 Å². The Hall–Kier alpha value is -0.770. The van der Waals surface area contributed by atoms with Crippen molar-refractivity contribution in [3.05, 3.63) is 0 Å². The second kappa shape index (κ2) is 15.6. The van der Waals surface area contributed by atoms with Gasteiger partial charge < -0.3 is 35.7 Å². The van der Waals surface area contributed by atoms with Crippen LogP contribution in [0.1, 0.15) is 26.7 Å². The third kappa shape index (κ3) is 10.6. The SMILES string of the molecule is CCC(CO)(CO)CO.CCC(CO)(CO)CO.O=CO. The highest BCUT2D eigenvalue weighted by molar-refractivity contribution is 5.32. The molecular weight excluding hydrogens is 284 g/mol. The van der Waals surface area contributed by atoms with E-state index in [1.165, 1.54) is 0 Å². The second-order valence-electron chi connectivity index (χ2n) is 4.76. The van der Waals surface area contributed by atoms with Crippen LogP contribution in [0.2, 0.25) is 0 Å². The van der Waals surface area contributed by atoms with Crippen molar-refractivity contribution in [2.24, 2.45) is 10.8 Å². The summed E-state index contributed by atoms with van der Waals surface area (Å²) in [7, 11) is 0. The smallest absolute Gasteiger partial charge is 0.290 e. The molecule has 0 aliphatic rings. The van der Waals surface area contributed by atoms with Crippen molar-refractivity contribution in [3.8, 4) is 0 Å². The van der Waals surface area contributed by atoms with E-state index in [0.717, 1.165) is 0 Å². The zero-order valence-corrected chi connectivity index (χ0v) is 12.8. The van der Waals surface area contributed by atoms with E-state index in [2.05, 4.69) is 0 Å². The molecule has 0 spiro atoms. The van der Waals surface area contributed by atoms with Crippen LogP contribution in [0.25, 0.3) is 0 Å². The maximum absolute atomic E-state index is 8.66. The summed E-state index contributed by atoms with van der Waals surface area (Å²) in [4.78, 5) is 8.36. The van der Waals surface area contributed by atoms with Crippen molar-refractivity contribution in [3.63, 3.8) is 0 Å². The van der Waals surface area contributed by atoms with Gasteiger partial charge in [0.1, 0.15) is 0 Å². The summed E-state index contributed by atoms with van der Waals surface area (Å²) in [5.41, 5.74) is -1.33. The summed E-state index contributed by atoms with van der Waals surface area (Å²) < 4.78 is 0. The summed E-state index contributed by atoms with van der Waals surface area (Å²) in [6, 6.07) is 0. The summed E-state index contributed by atoms with van der Waals surface area (Å²) in [6.45, 7) is 2.46. The molecule has 0 aliphatic carbocycles. The van der Waals surface area contributed by atoms with E-state index in [1.807, 2.05) is 13.8 Å². The molecule has 0 atom stereocenters. The molecule has 0 aromatic carbocycles. The molecule has 0 unspecified atom stereocenters. The van der Waals surface area contributed by atoms with Crippen LogP contribution in [0, 0.1) is 10.8 Å². The van der Waals surface area contributed by atoms with Crippen LogP contribution in [0.4, 0.5) is 0 Å². The average molecular weight is 314 g/mol. The van der Waals surface area contributed by atoms with Crippen molar-refractivity contribution in [1.82, 2.24) is 0 Å². The summed E-state index contributed by atoms with van der Waals surface area (Å²) >= 11 is 0. The van der Waals surface area contributed by atoms with Gasteiger partial charge in [-0.05, 0) is 12.8 Å².